The molecule has 0 aromatic rings. The molecule has 2 heteroatoms. The summed E-state index contributed by atoms with van der Waals surface area (Å²) in [6, 6.07) is 0. The van der Waals surface area contributed by atoms with E-state index in [0.29, 0.717) is 12.3 Å². The van der Waals surface area contributed by atoms with Gasteiger partial charge in [0.05, 0.1) is 0 Å². The largest absolute Gasteiger partial charge is 0.376 e. The quantitative estimate of drug-likeness (QED) is 0.598. The molecule has 0 aromatic heterocycles. The molecule has 0 saturated heterocycles. The monoisotopic (exact) mass is 157 g/mol. The molecule has 1 fully saturated rings. The summed E-state index contributed by atoms with van der Waals surface area (Å²) in [5.74, 6) is 0.348. The van der Waals surface area contributed by atoms with Gasteiger partial charge in [0.2, 0.25) is 0 Å². The van der Waals surface area contributed by atoms with Crippen LogP contribution in [0.15, 0.2) is 0 Å². The molecule has 3 N–H and O–H groups in total. The normalized spacial score (nSPS) is 26.5. The zero-order valence-corrected chi connectivity index (χ0v) is 7.34. The molecule has 0 heterocycles. The van der Waals surface area contributed by atoms with Crippen molar-refractivity contribution in [3.8, 4) is 0 Å². The van der Waals surface area contributed by atoms with E-state index in [1.165, 1.54) is 19.3 Å². The lowest BCUT2D eigenvalue weighted by atomic mass is 9.81. The molecule has 0 amide bonds. The predicted octanol–water partition coefficient (Wildman–Crippen LogP) is 1.62. The van der Waals surface area contributed by atoms with Gasteiger partial charge in [0.15, 0.2) is 0 Å². The van der Waals surface area contributed by atoms with Gasteiger partial charge in [0.25, 0.3) is 0 Å². The Morgan fingerprint density at radius 2 is 1.91 bits per heavy atom. The van der Waals surface area contributed by atoms with Crippen LogP contribution in [0.25, 0.3) is 0 Å². The Morgan fingerprint density at radius 1 is 1.36 bits per heavy atom. The molecule has 0 radical (unpaired) electrons. The number of hydrogen-bond donors (Lipinski definition) is 2. The lowest BCUT2D eigenvalue weighted by molar-refractivity contribution is -0.0308. The van der Waals surface area contributed by atoms with E-state index in [1.807, 2.05) is 6.92 Å². The Bertz CT molecular complexity index is 117. The average molecular weight is 157 g/mol. The van der Waals surface area contributed by atoms with Gasteiger partial charge in [-0.25, -0.2) is 0 Å². The van der Waals surface area contributed by atoms with Crippen molar-refractivity contribution >= 4 is 0 Å². The fraction of sp³-hybridized carbons (Fsp3) is 1.00. The third kappa shape index (κ3) is 2.17. The standard InChI is InChI=1S/C9H19NO/c1-2-9(10,11)8-6-4-3-5-7-8/h8,11H,2-7,10H2,1H3. The Hall–Kier alpha value is -0.0800. The van der Waals surface area contributed by atoms with Crippen LogP contribution in [0, 0.1) is 5.92 Å². The van der Waals surface area contributed by atoms with Crippen molar-refractivity contribution in [3.63, 3.8) is 0 Å². The smallest absolute Gasteiger partial charge is 0.116 e. The minimum atomic E-state index is -0.888. The summed E-state index contributed by atoms with van der Waals surface area (Å²) in [4.78, 5) is 0. The third-order valence-electron chi connectivity index (χ3n) is 2.88. The van der Waals surface area contributed by atoms with Crippen molar-refractivity contribution in [2.24, 2.45) is 11.7 Å². The van der Waals surface area contributed by atoms with Crippen LogP contribution in [-0.2, 0) is 0 Å². The molecule has 1 atom stereocenters. The van der Waals surface area contributed by atoms with Crippen LogP contribution in [0.5, 0.6) is 0 Å². The number of rotatable bonds is 2. The van der Waals surface area contributed by atoms with E-state index in [0.717, 1.165) is 12.8 Å². The van der Waals surface area contributed by atoms with Gasteiger partial charge in [0.1, 0.15) is 5.72 Å². The summed E-state index contributed by atoms with van der Waals surface area (Å²) in [5.41, 5.74) is 4.86. The molecule has 0 spiro atoms. The van der Waals surface area contributed by atoms with Gasteiger partial charge in [0, 0.05) is 5.92 Å². The van der Waals surface area contributed by atoms with E-state index < -0.39 is 5.72 Å². The highest BCUT2D eigenvalue weighted by atomic mass is 16.3. The molecule has 1 saturated carbocycles. The van der Waals surface area contributed by atoms with Crippen LogP contribution < -0.4 is 5.73 Å². The van der Waals surface area contributed by atoms with Crippen molar-refractivity contribution in [1.82, 2.24) is 0 Å². The molecule has 0 bridgehead atoms. The van der Waals surface area contributed by atoms with Gasteiger partial charge in [-0.3, -0.25) is 0 Å². The van der Waals surface area contributed by atoms with E-state index in [9.17, 15) is 5.11 Å². The maximum absolute atomic E-state index is 9.73. The molecular weight excluding hydrogens is 138 g/mol. The highest BCUT2D eigenvalue weighted by Gasteiger charge is 2.31. The molecule has 1 aliphatic carbocycles. The summed E-state index contributed by atoms with van der Waals surface area (Å²) in [6.45, 7) is 1.95. The highest BCUT2D eigenvalue weighted by molar-refractivity contribution is 4.81. The van der Waals surface area contributed by atoms with E-state index >= 15 is 0 Å². The minimum Gasteiger partial charge on any atom is -0.376 e. The predicted molar refractivity (Wildman–Crippen MR) is 46.0 cm³/mol. The lowest BCUT2D eigenvalue weighted by Crippen LogP contribution is -2.47. The molecule has 11 heavy (non-hydrogen) atoms. The fourth-order valence-corrected chi connectivity index (χ4v) is 1.89. The summed E-state index contributed by atoms with van der Waals surface area (Å²) >= 11 is 0. The van der Waals surface area contributed by atoms with Crippen LogP contribution in [0.4, 0.5) is 0 Å². The van der Waals surface area contributed by atoms with Gasteiger partial charge in [-0.2, -0.15) is 0 Å². The first-order valence-corrected chi connectivity index (χ1v) is 4.68. The summed E-state index contributed by atoms with van der Waals surface area (Å²) in [6.07, 6.45) is 6.70. The summed E-state index contributed by atoms with van der Waals surface area (Å²) < 4.78 is 0. The maximum Gasteiger partial charge on any atom is 0.116 e. The molecule has 2 nitrogen and oxygen atoms in total. The molecule has 0 aromatic carbocycles. The Kier molecular flexibility index (Phi) is 2.90. The lowest BCUT2D eigenvalue weighted by Gasteiger charge is -2.34. The van der Waals surface area contributed by atoms with Crippen LogP contribution in [0.1, 0.15) is 45.4 Å². The Morgan fingerprint density at radius 3 is 2.36 bits per heavy atom. The molecular formula is C9H19NO. The number of aliphatic hydroxyl groups is 1. The van der Waals surface area contributed by atoms with E-state index in [-0.39, 0.29) is 0 Å². The highest BCUT2D eigenvalue weighted by Crippen LogP contribution is 2.31. The molecule has 66 valence electrons. The van der Waals surface area contributed by atoms with Crippen molar-refractivity contribution < 1.29 is 5.11 Å². The van der Waals surface area contributed by atoms with Crippen LogP contribution in [0.2, 0.25) is 0 Å². The van der Waals surface area contributed by atoms with Gasteiger partial charge in [-0.15, -0.1) is 0 Å². The topological polar surface area (TPSA) is 46.2 Å². The Labute approximate surface area is 68.8 Å². The third-order valence-corrected chi connectivity index (χ3v) is 2.88. The molecule has 1 unspecified atom stereocenters. The molecule has 1 rings (SSSR count). The number of hydrogen-bond acceptors (Lipinski definition) is 2. The number of nitrogens with two attached hydrogens (primary N) is 1. The van der Waals surface area contributed by atoms with Crippen molar-refractivity contribution in [3.05, 3.63) is 0 Å². The van der Waals surface area contributed by atoms with Gasteiger partial charge in [-0.1, -0.05) is 26.2 Å². The van der Waals surface area contributed by atoms with Crippen molar-refractivity contribution in [1.29, 1.82) is 0 Å². The SMILES string of the molecule is CCC(N)(O)C1CCCCC1. The first-order chi connectivity index (χ1) is 5.17. The van der Waals surface area contributed by atoms with Crippen LogP contribution in [0.3, 0.4) is 0 Å². The minimum absolute atomic E-state index is 0.348. The first kappa shape index (κ1) is 9.01. The van der Waals surface area contributed by atoms with E-state index in [1.54, 1.807) is 0 Å². The zero-order valence-electron chi connectivity index (χ0n) is 7.34. The fourth-order valence-electron chi connectivity index (χ4n) is 1.89. The maximum atomic E-state index is 9.73. The molecule has 1 aliphatic rings. The Balaban J connectivity index is 2.43. The second kappa shape index (κ2) is 3.55. The second-order valence-corrected chi connectivity index (χ2v) is 3.68. The van der Waals surface area contributed by atoms with Crippen LogP contribution in [-0.4, -0.2) is 10.8 Å². The first-order valence-electron chi connectivity index (χ1n) is 4.68. The van der Waals surface area contributed by atoms with E-state index in [4.69, 9.17) is 5.73 Å². The van der Waals surface area contributed by atoms with Gasteiger partial charge in [-0.05, 0) is 19.3 Å². The van der Waals surface area contributed by atoms with Crippen molar-refractivity contribution in [2.45, 2.75) is 51.2 Å². The zero-order chi connectivity index (χ0) is 8.32. The summed E-state index contributed by atoms with van der Waals surface area (Å²) in [5, 5.41) is 9.73. The van der Waals surface area contributed by atoms with Gasteiger partial charge < -0.3 is 10.8 Å². The molecule has 0 aliphatic heterocycles. The van der Waals surface area contributed by atoms with Crippen molar-refractivity contribution in [2.75, 3.05) is 0 Å². The van der Waals surface area contributed by atoms with E-state index in [2.05, 4.69) is 0 Å². The summed E-state index contributed by atoms with van der Waals surface area (Å²) in [7, 11) is 0. The van der Waals surface area contributed by atoms with Crippen LogP contribution >= 0.6 is 0 Å². The second-order valence-electron chi connectivity index (χ2n) is 3.68. The van der Waals surface area contributed by atoms with Gasteiger partial charge >= 0.3 is 0 Å². The average Bonchev–Trinajstić information content (AvgIpc) is 2.06.